The lowest BCUT2D eigenvalue weighted by atomic mass is 9.92. The Bertz CT molecular complexity index is 446. The van der Waals surface area contributed by atoms with E-state index in [0.29, 0.717) is 19.8 Å². The Morgan fingerprint density at radius 1 is 1.17 bits per heavy atom. The quantitative estimate of drug-likeness (QED) is 0.824. The topological polar surface area (TPSA) is 27.7 Å². The van der Waals surface area contributed by atoms with Gasteiger partial charge >= 0.3 is 0 Å². The maximum absolute atomic E-state index is 5.78. The van der Waals surface area contributed by atoms with Gasteiger partial charge in [0, 0.05) is 5.56 Å². The molecule has 0 bridgehead atoms. The lowest BCUT2D eigenvalue weighted by molar-refractivity contribution is -0.150. The van der Waals surface area contributed by atoms with E-state index in [1.54, 1.807) is 0 Å². The number of aryl methyl sites for hydroxylation is 1. The van der Waals surface area contributed by atoms with Crippen LogP contribution in [-0.2, 0) is 15.3 Å². The highest BCUT2D eigenvalue weighted by molar-refractivity contribution is 5.49. The summed E-state index contributed by atoms with van der Waals surface area (Å²) in [6, 6.07) is 2.08. The molecule has 1 aliphatic heterocycles. The second kappa shape index (κ2) is 4.90. The van der Waals surface area contributed by atoms with Gasteiger partial charge < -0.3 is 14.2 Å². The molecule has 1 saturated heterocycles. The Labute approximate surface area is 109 Å². The van der Waals surface area contributed by atoms with Crippen molar-refractivity contribution in [2.75, 3.05) is 19.8 Å². The van der Waals surface area contributed by atoms with Crippen molar-refractivity contribution < 1.29 is 14.2 Å². The number of hydrogen-bond donors (Lipinski definition) is 0. The molecule has 3 heteroatoms. The third kappa shape index (κ3) is 2.13. The first kappa shape index (κ1) is 13.4. The zero-order valence-electron chi connectivity index (χ0n) is 11.9. The van der Waals surface area contributed by atoms with Gasteiger partial charge in [0.25, 0.3) is 0 Å². The van der Waals surface area contributed by atoms with Gasteiger partial charge in [-0.15, -0.1) is 0 Å². The van der Waals surface area contributed by atoms with E-state index in [-0.39, 0.29) is 0 Å². The van der Waals surface area contributed by atoms with E-state index < -0.39 is 5.79 Å². The molecule has 100 valence electrons. The SMILES string of the molecule is CCOc1cc(C)c(C2(C)OCCO2)c(C)c1C. The highest BCUT2D eigenvalue weighted by Crippen LogP contribution is 2.39. The van der Waals surface area contributed by atoms with Crippen LogP contribution in [-0.4, -0.2) is 19.8 Å². The standard InChI is InChI=1S/C15H22O3/c1-6-16-13-9-10(2)14(12(4)11(13)3)15(5)17-7-8-18-15/h9H,6-8H2,1-5H3. The molecule has 2 rings (SSSR count). The van der Waals surface area contributed by atoms with Gasteiger partial charge in [-0.25, -0.2) is 0 Å². The normalized spacial score (nSPS) is 18.1. The van der Waals surface area contributed by atoms with Gasteiger partial charge in [0.05, 0.1) is 19.8 Å². The first-order chi connectivity index (χ1) is 8.49. The van der Waals surface area contributed by atoms with E-state index in [4.69, 9.17) is 14.2 Å². The van der Waals surface area contributed by atoms with E-state index in [2.05, 4.69) is 26.8 Å². The second-order valence-corrected chi connectivity index (χ2v) is 4.89. The molecule has 0 unspecified atom stereocenters. The predicted octanol–water partition coefficient (Wildman–Crippen LogP) is 3.23. The summed E-state index contributed by atoms with van der Waals surface area (Å²) in [5.41, 5.74) is 4.66. The molecule has 0 amide bonds. The summed E-state index contributed by atoms with van der Waals surface area (Å²) < 4.78 is 17.2. The molecule has 1 aromatic carbocycles. The lowest BCUT2D eigenvalue weighted by Crippen LogP contribution is -2.25. The molecule has 1 aromatic rings. The number of benzene rings is 1. The van der Waals surface area contributed by atoms with Gasteiger partial charge in [-0.3, -0.25) is 0 Å². The molecule has 0 saturated carbocycles. The van der Waals surface area contributed by atoms with Crippen molar-refractivity contribution in [3.63, 3.8) is 0 Å². The van der Waals surface area contributed by atoms with Gasteiger partial charge in [0.2, 0.25) is 0 Å². The maximum Gasteiger partial charge on any atom is 0.192 e. The van der Waals surface area contributed by atoms with Crippen LogP contribution in [0, 0.1) is 20.8 Å². The first-order valence-corrected chi connectivity index (χ1v) is 6.51. The fourth-order valence-electron chi connectivity index (χ4n) is 2.71. The van der Waals surface area contributed by atoms with Crippen LogP contribution >= 0.6 is 0 Å². The Hall–Kier alpha value is -1.06. The van der Waals surface area contributed by atoms with Crippen molar-refractivity contribution in [3.8, 4) is 5.75 Å². The molecule has 0 atom stereocenters. The van der Waals surface area contributed by atoms with Crippen molar-refractivity contribution in [2.45, 2.75) is 40.4 Å². The maximum atomic E-state index is 5.78. The zero-order chi connectivity index (χ0) is 13.3. The summed E-state index contributed by atoms with van der Waals surface area (Å²) in [6.45, 7) is 12.3. The minimum atomic E-state index is -0.607. The third-order valence-electron chi connectivity index (χ3n) is 3.64. The molecule has 1 heterocycles. The summed E-state index contributed by atoms with van der Waals surface area (Å²) in [7, 11) is 0. The Kier molecular flexibility index (Phi) is 3.64. The smallest absolute Gasteiger partial charge is 0.192 e. The second-order valence-electron chi connectivity index (χ2n) is 4.89. The average Bonchev–Trinajstić information content (AvgIpc) is 2.73. The van der Waals surface area contributed by atoms with Crippen LogP contribution in [0.1, 0.15) is 36.1 Å². The fraction of sp³-hybridized carbons (Fsp3) is 0.600. The van der Waals surface area contributed by atoms with E-state index in [9.17, 15) is 0 Å². The Morgan fingerprint density at radius 2 is 1.78 bits per heavy atom. The van der Waals surface area contributed by atoms with Crippen molar-refractivity contribution in [1.82, 2.24) is 0 Å². The average molecular weight is 250 g/mol. The molecule has 0 N–H and O–H groups in total. The molecular formula is C15H22O3. The van der Waals surface area contributed by atoms with Crippen LogP contribution in [0.4, 0.5) is 0 Å². The molecule has 1 fully saturated rings. The molecule has 0 spiro atoms. The highest BCUT2D eigenvalue weighted by atomic mass is 16.7. The summed E-state index contributed by atoms with van der Waals surface area (Å²) in [5, 5.41) is 0. The van der Waals surface area contributed by atoms with Crippen molar-refractivity contribution in [1.29, 1.82) is 0 Å². The minimum Gasteiger partial charge on any atom is -0.494 e. The monoisotopic (exact) mass is 250 g/mol. The van der Waals surface area contributed by atoms with Crippen LogP contribution < -0.4 is 4.74 Å². The van der Waals surface area contributed by atoms with Crippen LogP contribution in [0.25, 0.3) is 0 Å². The van der Waals surface area contributed by atoms with Crippen LogP contribution in [0.2, 0.25) is 0 Å². The summed E-state index contributed by atoms with van der Waals surface area (Å²) >= 11 is 0. The van der Waals surface area contributed by atoms with Crippen LogP contribution in [0.3, 0.4) is 0 Å². The molecule has 1 aliphatic rings. The molecule has 18 heavy (non-hydrogen) atoms. The molecule has 0 radical (unpaired) electrons. The molecule has 0 aromatic heterocycles. The lowest BCUT2D eigenvalue weighted by Gasteiger charge is -2.28. The van der Waals surface area contributed by atoms with E-state index in [1.807, 2.05) is 13.8 Å². The summed E-state index contributed by atoms with van der Waals surface area (Å²) in [4.78, 5) is 0. The number of rotatable bonds is 3. The van der Waals surface area contributed by atoms with Crippen molar-refractivity contribution >= 4 is 0 Å². The van der Waals surface area contributed by atoms with E-state index >= 15 is 0 Å². The van der Waals surface area contributed by atoms with Gasteiger partial charge in [0.1, 0.15) is 5.75 Å². The van der Waals surface area contributed by atoms with Gasteiger partial charge in [-0.2, -0.15) is 0 Å². The van der Waals surface area contributed by atoms with Crippen molar-refractivity contribution in [3.05, 3.63) is 28.3 Å². The molecular weight excluding hydrogens is 228 g/mol. The van der Waals surface area contributed by atoms with Gasteiger partial charge in [-0.05, 0) is 57.4 Å². The summed E-state index contributed by atoms with van der Waals surface area (Å²) in [5.74, 6) is 0.349. The number of ether oxygens (including phenoxy) is 3. The van der Waals surface area contributed by atoms with Gasteiger partial charge in [0.15, 0.2) is 5.79 Å². The largest absolute Gasteiger partial charge is 0.494 e. The molecule has 0 aliphatic carbocycles. The Morgan fingerprint density at radius 3 is 2.33 bits per heavy atom. The van der Waals surface area contributed by atoms with Gasteiger partial charge in [-0.1, -0.05) is 0 Å². The van der Waals surface area contributed by atoms with E-state index in [0.717, 1.165) is 22.4 Å². The third-order valence-corrected chi connectivity index (χ3v) is 3.64. The Balaban J connectivity index is 2.52. The predicted molar refractivity (Wildman–Crippen MR) is 71.1 cm³/mol. The zero-order valence-corrected chi connectivity index (χ0v) is 11.9. The minimum absolute atomic E-state index is 0.607. The van der Waals surface area contributed by atoms with Crippen LogP contribution in [0.15, 0.2) is 6.07 Å². The highest BCUT2D eigenvalue weighted by Gasteiger charge is 2.36. The first-order valence-electron chi connectivity index (χ1n) is 6.51. The number of hydrogen-bond acceptors (Lipinski definition) is 3. The van der Waals surface area contributed by atoms with Crippen LogP contribution in [0.5, 0.6) is 5.75 Å². The summed E-state index contributed by atoms with van der Waals surface area (Å²) in [6.07, 6.45) is 0. The fourth-order valence-corrected chi connectivity index (χ4v) is 2.71. The van der Waals surface area contributed by atoms with E-state index in [1.165, 1.54) is 5.56 Å². The van der Waals surface area contributed by atoms with Crippen molar-refractivity contribution in [2.24, 2.45) is 0 Å². The molecule has 3 nitrogen and oxygen atoms in total.